The molecule has 128 valence electrons. The van der Waals surface area contributed by atoms with Gasteiger partial charge in [0.05, 0.1) is 23.1 Å². The van der Waals surface area contributed by atoms with E-state index in [1.165, 1.54) is 0 Å². The summed E-state index contributed by atoms with van der Waals surface area (Å²) in [7, 11) is 1.88. The lowest BCUT2D eigenvalue weighted by Crippen LogP contribution is -2.37. The van der Waals surface area contributed by atoms with Gasteiger partial charge in [0.2, 0.25) is 0 Å². The molecule has 1 unspecified atom stereocenters. The van der Waals surface area contributed by atoms with Crippen LogP contribution in [0, 0.1) is 6.92 Å². The highest BCUT2D eigenvalue weighted by Crippen LogP contribution is 2.42. The minimum atomic E-state index is -0.0662. The highest BCUT2D eigenvalue weighted by atomic mass is 35.5. The smallest absolute Gasteiger partial charge is 0.254 e. The van der Waals surface area contributed by atoms with Crippen LogP contribution in [-0.2, 0) is 0 Å². The van der Waals surface area contributed by atoms with Crippen LogP contribution in [0.4, 0.5) is 0 Å². The molecule has 1 aliphatic carbocycles. The van der Waals surface area contributed by atoms with E-state index in [0.717, 1.165) is 29.8 Å². The van der Waals surface area contributed by atoms with E-state index in [2.05, 4.69) is 15.7 Å². The molecular weight excluding hydrogens is 324 g/mol. The molecular formula is C18H23ClN4O. The minimum absolute atomic E-state index is 0.0662. The van der Waals surface area contributed by atoms with Gasteiger partial charge in [-0.25, -0.2) is 4.68 Å². The molecule has 2 aromatic rings. The molecule has 1 atom stereocenters. The van der Waals surface area contributed by atoms with Crippen molar-refractivity contribution >= 4 is 17.5 Å². The van der Waals surface area contributed by atoms with E-state index in [0.29, 0.717) is 23.0 Å². The summed E-state index contributed by atoms with van der Waals surface area (Å²) < 4.78 is 1.86. The number of rotatable bonds is 6. The van der Waals surface area contributed by atoms with Gasteiger partial charge in [0.15, 0.2) is 0 Å². The normalized spacial score (nSPS) is 15.3. The molecule has 6 heteroatoms. The number of benzene rings is 1. The number of nitrogens with one attached hydrogen (secondary N) is 2. The second-order valence-electron chi connectivity index (χ2n) is 6.46. The van der Waals surface area contributed by atoms with Gasteiger partial charge in [0.1, 0.15) is 0 Å². The van der Waals surface area contributed by atoms with Gasteiger partial charge in [-0.3, -0.25) is 4.79 Å². The molecule has 5 nitrogen and oxygen atoms in total. The van der Waals surface area contributed by atoms with E-state index in [9.17, 15) is 4.79 Å². The van der Waals surface area contributed by atoms with E-state index in [-0.39, 0.29) is 11.9 Å². The van der Waals surface area contributed by atoms with Gasteiger partial charge >= 0.3 is 0 Å². The molecule has 0 spiro atoms. The molecule has 0 aliphatic heterocycles. The van der Waals surface area contributed by atoms with Gasteiger partial charge in [-0.2, -0.15) is 5.10 Å². The summed E-state index contributed by atoms with van der Waals surface area (Å²) >= 11 is 6.25. The van der Waals surface area contributed by atoms with Crippen LogP contribution in [-0.4, -0.2) is 35.3 Å². The zero-order valence-electron chi connectivity index (χ0n) is 14.3. The lowest BCUT2D eigenvalue weighted by Gasteiger charge is -2.13. The number of amides is 1. The number of hydrogen-bond acceptors (Lipinski definition) is 3. The molecule has 1 aromatic carbocycles. The number of aromatic nitrogens is 2. The fourth-order valence-corrected chi connectivity index (χ4v) is 2.82. The van der Waals surface area contributed by atoms with Crippen molar-refractivity contribution in [3.8, 4) is 5.69 Å². The van der Waals surface area contributed by atoms with Crippen LogP contribution in [0.2, 0.25) is 5.02 Å². The van der Waals surface area contributed by atoms with Gasteiger partial charge in [-0.05, 0) is 51.4 Å². The Kier molecular flexibility index (Phi) is 4.92. The van der Waals surface area contributed by atoms with Crippen LogP contribution >= 0.6 is 11.6 Å². The van der Waals surface area contributed by atoms with Crippen LogP contribution < -0.4 is 10.6 Å². The van der Waals surface area contributed by atoms with Crippen LogP contribution in [0.1, 0.15) is 47.3 Å². The predicted molar refractivity (Wildman–Crippen MR) is 96.1 cm³/mol. The Morgan fingerprint density at radius 1 is 1.46 bits per heavy atom. The number of halogens is 1. The first-order valence-corrected chi connectivity index (χ1v) is 8.69. The molecule has 1 aliphatic rings. The Morgan fingerprint density at radius 3 is 2.83 bits per heavy atom. The van der Waals surface area contributed by atoms with Crippen molar-refractivity contribution in [3.05, 3.63) is 46.2 Å². The average Bonchev–Trinajstić information content (AvgIpc) is 3.33. The maximum atomic E-state index is 12.6. The maximum absolute atomic E-state index is 12.6. The van der Waals surface area contributed by atoms with E-state index in [1.807, 2.05) is 43.8 Å². The Labute approximate surface area is 147 Å². The summed E-state index contributed by atoms with van der Waals surface area (Å²) in [6, 6.07) is 6.10. The number of aryl methyl sites for hydroxylation is 1. The van der Waals surface area contributed by atoms with Crippen molar-refractivity contribution in [1.82, 2.24) is 20.4 Å². The summed E-state index contributed by atoms with van der Waals surface area (Å²) in [5, 5.41) is 11.3. The van der Waals surface area contributed by atoms with Crippen molar-refractivity contribution in [3.63, 3.8) is 0 Å². The lowest BCUT2D eigenvalue weighted by molar-refractivity contribution is 0.0949. The molecule has 2 N–H and O–H groups in total. The van der Waals surface area contributed by atoms with Crippen LogP contribution in [0.3, 0.4) is 0 Å². The first kappa shape index (κ1) is 17.0. The molecule has 0 bridgehead atoms. The van der Waals surface area contributed by atoms with Crippen LogP contribution in [0.15, 0.2) is 24.4 Å². The second-order valence-corrected chi connectivity index (χ2v) is 6.87. The maximum Gasteiger partial charge on any atom is 0.254 e. The van der Waals surface area contributed by atoms with Gasteiger partial charge in [0.25, 0.3) is 5.91 Å². The Balaban J connectivity index is 1.90. The monoisotopic (exact) mass is 346 g/mol. The standard InChI is InChI=1S/C18H23ClN4O/c1-11-4-7-14(8-16(11)19)23-17(13-5-6-13)15(10-22-23)18(24)21-9-12(2)20-3/h4,7-8,10,12-13,20H,5-6,9H2,1-3H3,(H,21,24). The number of likely N-dealkylation sites (N-methyl/N-ethyl adjacent to an activating group) is 1. The van der Waals surface area contributed by atoms with Gasteiger partial charge in [-0.15, -0.1) is 0 Å². The van der Waals surface area contributed by atoms with Crippen molar-refractivity contribution in [2.75, 3.05) is 13.6 Å². The predicted octanol–water partition coefficient (Wildman–Crippen LogP) is 3.05. The summed E-state index contributed by atoms with van der Waals surface area (Å²) in [5.41, 5.74) is 3.58. The first-order chi connectivity index (χ1) is 11.5. The van der Waals surface area contributed by atoms with Crippen LogP contribution in [0.25, 0.3) is 5.69 Å². The molecule has 1 aromatic heterocycles. The van der Waals surface area contributed by atoms with Crippen molar-refractivity contribution < 1.29 is 4.79 Å². The van der Waals surface area contributed by atoms with Gasteiger partial charge < -0.3 is 10.6 Å². The Hall–Kier alpha value is -1.85. The molecule has 1 saturated carbocycles. The van der Waals surface area contributed by atoms with E-state index in [1.54, 1.807) is 6.20 Å². The summed E-state index contributed by atoms with van der Waals surface area (Å²) in [6.07, 6.45) is 3.86. The summed E-state index contributed by atoms with van der Waals surface area (Å²) in [6.45, 7) is 4.58. The third-order valence-corrected chi connectivity index (χ3v) is 4.88. The van der Waals surface area contributed by atoms with E-state index < -0.39 is 0 Å². The number of nitrogens with zero attached hydrogens (tertiary/aromatic N) is 2. The van der Waals surface area contributed by atoms with E-state index in [4.69, 9.17) is 11.6 Å². The number of hydrogen-bond donors (Lipinski definition) is 2. The minimum Gasteiger partial charge on any atom is -0.350 e. The Bertz CT molecular complexity index is 751. The summed E-state index contributed by atoms with van der Waals surface area (Å²) in [4.78, 5) is 12.6. The molecule has 1 fully saturated rings. The number of carbonyl (C=O) groups is 1. The fraction of sp³-hybridized carbons (Fsp3) is 0.444. The Morgan fingerprint density at radius 2 is 2.21 bits per heavy atom. The quantitative estimate of drug-likeness (QED) is 0.845. The van der Waals surface area contributed by atoms with Crippen molar-refractivity contribution in [1.29, 1.82) is 0 Å². The molecule has 24 heavy (non-hydrogen) atoms. The van der Waals surface area contributed by atoms with Crippen molar-refractivity contribution in [2.45, 2.75) is 38.6 Å². The van der Waals surface area contributed by atoms with Crippen molar-refractivity contribution in [2.24, 2.45) is 0 Å². The molecule has 0 saturated heterocycles. The third-order valence-electron chi connectivity index (χ3n) is 4.48. The third kappa shape index (κ3) is 3.47. The molecule has 1 heterocycles. The highest BCUT2D eigenvalue weighted by molar-refractivity contribution is 6.31. The molecule has 3 rings (SSSR count). The largest absolute Gasteiger partial charge is 0.350 e. The summed E-state index contributed by atoms with van der Waals surface area (Å²) in [5.74, 6) is 0.332. The first-order valence-electron chi connectivity index (χ1n) is 8.31. The zero-order chi connectivity index (χ0) is 17.3. The SMILES string of the molecule is CNC(C)CNC(=O)c1cnn(-c2ccc(C)c(Cl)c2)c1C1CC1. The highest BCUT2D eigenvalue weighted by Gasteiger charge is 2.33. The van der Waals surface area contributed by atoms with Gasteiger partial charge in [-0.1, -0.05) is 17.7 Å². The zero-order valence-corrected chi connectivity index (χ0v) is 15.0. The lowest BCUT2D eigenvalue weighted by atomic mass is 10.1. The topological polar surface area (TPSA) is 58.9 Å². The van der Waals surface area contributed by atoms with Crippen LogP contribution in [0.5, 0.6) is 0 Å². The number of carbonyl (C=O) groups excluding carboxylic acids is 1. The molecule has 0 radical (unpaired) electrons. The van der Waals surface area contributed by atoms with E-state index >= 15 is 0 Å². The molecule has 1 amide bonds. The second kappa shape index (κ2) is 6.95. The fourth-order valence-electron chi connectivity index (χ4n) is 2.64. The average molecular weight is 347 g/mol. The van der Waals surface area contributed by atoms with Gasteiger partial charge in [0, 0.05) is 23.5 Å².